The van der Waals surface area contributed by atoms with Crippen molar-refractivity contribution in [3.05, 3.63) is 35.5 Å². The highest BCUT2D eigenvalue weighted by molar-refractivity contribution is 5.87. The fourth-order valence-corrected chi connectivity index (χ4v) is 1.33. The molecule has 0 atom stereocenters. The van der Waals surface area contributed by atoms with E-state index in [0.717, 1.165) is 11.1 Å². The van der Waals surface area contributed by atoms with Crippen LogP contribution in [-0.4, -0.2) is 17.0 Å². The average Bonchev–Trinajstić information content (AvgIpc) is 2.26. The zero-order valence-electron chi connectivity index (χ0n) is 11.4. The number of hydrogen-bond acceptors (Lipinski definition) is 3. The first-order valence-corrected chi connectivity index (χ1v) is 6.01. The van der Waals surface area contributed by atoms with Gasteiger partial charge in [0.1, 0.15) is 0 Å². The maximum Gasteiger partial charge on any atom is 0.244 e. The standard InChI is InChI=1S/C14H20N2O2/c1-10(2)7-13(17)15-8-12-5-6-14(16-9-12)18-11(3)4/h5-7,9,11H,8H2,1-4H3,(H,15,17). The van der Waals surface area contributed by atoms with Gasteiger partial charge in [-0.25, -0.2) is 4.98 Å². The van der Waals surface area contributed by atoms with Crippen LogP contribution in [-0.2, 0) is 11.3 Å². The molecule has 4 heteroatoms. The summed E-state index contributed by atoms with van der Waals surface area (Å²) in [5.41, 5.74) is 1.92. The number of amides is 1. The third-order valence-electron chi connectivity index (χ3n) is 2.04. The summed E-state index contributed by atoms with van der Waals surface area (Å²) in [6, 6.07) is 3.70. The zero-order valence-corrected chi connectivity index (χ0v) is 11.4. The van der Waals surface area contributed by atoms with Crippen LogP contribution in [0.2, 0.25) is 0 Å². The third-order valence-corrected chi connectivity index (χ3v) is 2.04. The Morgan fingerprint density at radius 2 is 2.17 bits per heavy atom. The molecule has 18 heavy (non-hydrogen) atoms. The molecule has 1 N–H and O–H groups in total. The first-order chi connectivity index (χ1) is 8.47. The molecule has 0 saturated heterocycles. The molecule has 0 fully saturated rings. The van der Waals surface area contributed by atoms with Crippen LogP contribution in [0.4, 0.5) is 0 Å². The van der Waals surface area contributed by atoms with E-state index in [-0.39, 0.29) is 12.0 Å². The second-order valence-corrected chi connectivity index (χ2v) is 4.61. The molecule has 1 aromatic heterocycles. The van der Waals surface area contributed by atoms with Gasteiger partial charge in [-0.05, 0) is 33.3 Å². The summed E-state index contributed by atoms with van der Waals surface area (Å²) in [6.07, 6.45) is 3.39. The van der Waals surface area contributed by atoms with E-state index in [9.17, 15) is 4.79 Å². The Morgan fingerprint density at radius 1 is 1.44 bits per heavy atom. The lowest BCUT2D eigenvalue weighted by molar-refractivity contribution is -0.116. The Morgan fingerprint density at radius 3 is 2.67 bits per heavy atom. The Hall–Kier alpha value is -1.84. The van der Waals surface area contributed by atoms with Crippen molar-refractivity contribution in [2.75, 3.05) is 0 Å². The molecule has 0 aliphatic carbocycles. The molecule has 98 valence electrons. The van der Waals surface area contributed by atoms with E-state index < -0.39 is 0 Å². The topological polar surface area (TPSA) is 51.2 Å². The number of pyridine rings is 1. The summed E-state index contributed by atoms with van der Waals surface area (Å²) in [5, 5.41) is 2.79. The lowest BCUT2D eigenvalue weighted by atomic mass is 10.2. The fraction of sp³-hybridized carbons (Fsp3) is 0.429. The Bertz CT molecular complexity index is 418. The minimum Gasteiger partial charge on any atom is -0.475 e. The van der Waals surface area contributed by atoms with Crippen molar-refractivity contribution in [1.82, 2.24) is 10.3 Å². The van der Waals surface area contributed by atoms with E-state index in [0.29, 0.717) is 12.4 Å². The van der Waals surface area contributed by atoms with Crippen molar-refractivity contribution in [3.8, 4) is 5.88 Å². The van der Waals surface area contributed by atoms with Gasteiger partial charge in [-0.3, -0.25) is 4.79 Å². The van der Waals surface area contributed by atoms with Crippen molar-refractivity contribution < 1.29 is 9.53 Å². The monoisotopic (exact) mass is 248 g/mol. The first-order valence-electron chi connectivity index (χ1n) is 6.01. The second kappa shape index (κ2) is 6.79. The van der Waals surface area contributed by atoms with E-state index in [2.05, 4.69) is 10.3 Å². The summed E-state index contributed by atoms with van der Waals surface area (Å²) in [5.74, 6) is 0.516. The molecule has 1 aromatic rings. The smallest absolute Gasteiger partial charge is 0.244 e. The molecule has 0 saturated carbocycles. The number of ether oxygens (including phenoxy) is 1. The molecule has 1 heterocycles. The molecule has 0 spiro atoms. The van der Waals surface area contributed by atoms with Crippen molar-refractivity contribution >= 4 is 5.91 Å². The number of carbonyl (C=O) groups excluding carboxylic acids is 1. The Balaban J connectivity index is 2.49. The normalized spacial score (nSPS) is 10.1. The van der Waals surface area contributed by atoms with Crippen LogP contribution in [0.15, 0.2) is 30.0 Å². The van der Waals surface area contributed by atoms with Crippen molar-refractivity contribution in [2.45, 2.75) is 40.3 Å². The Kier molecular flexibility index (Phi) is 5.36. The molecular formula is C14H20N2O2. The van der Waals surface area contributed by atoms with E-state index in [1.54, 1.807) is 12.3 Å². The largest absolute Gasteiger partial charge is 0.475 e. The molecular weight excluding hydrogens is 228 g/mol. The predicted octanol–water partition coefficient (Wildman–Crippen LogP) is 2.45. The highest BCUT2D eigenvalue weighted by Crippen LogP contribution is 2.09. The highest BCUT2D eigenvalue weighted by atomic mass is 16.5. The van der Waals surface area contributed by atoms with Gasteiger partial charge < -0.3 is 10.1 Å². The maximum absolute atomic E-state index is 11.4. The van der Waals surface area contributed by atoms with Crippen molar-refractivity contribution in [1.29, 1.82) is 0 Å². The summed E-state index contributed by atoms with van der Waals surface area (Å²) >= 11 is 0. The van der Waals surface area contributed by atoms with E-state index in [1.165, 1.54) is 0 Å². The molecule has 0 aliphatic rings. The Labute approximate surface area is 108 Å². The van der Waals surface area contributed by atoms with Gasteiger partial charge in [0.05, 0.1) is 6.10 Å². The SMILES string of the molecule is CC(C)=CC(=O)NCc1ccc(OC(C)C)nc1. The van der Waals surface area contributed by atoms with Gasteiger partial charge >= 0.3 is 0 Å². The van der Waals surface area contributed by atoms with Crippen LogP contribution >= 0.6 is 0 Å². The van der Waals surface area contributed by atoms with Gasteiger partial charge in [0.2, 0.25) is 11.8 Å². The molecule has 0 bridgehead atoms. The van der Waals surface area contributed by atoms with Gasteiger partial charge in [-0.15, -0.1) is 0 Å². The number of rotatable bonds is 5. The van der Waals surface area contributed by atoms with Crippen molar-refractivity contribution in [2.24, 2.45) is 0 Å². The van der Waals surface area contributed by atoms with Crippen LogP contribution in [0.5, 0.6) is 5.88 Å². The summed E-state index contributed by atoms with van der Waals surface area (Å²) < 4.78 is 5.44. The van der Waals surface area contributed by atoms with Crippen LogP contribution in [0.1, 0.15) is 33.3 Å². The van der Waals surface area contributed by atoms with Gasteiger partial charge in [0.25, 0.3) is 0 Å². The number of carbonyl (C=O) groups is 1. The van der Waals surface area contributed by atoms with Gasteiger partial charge in [-0.1, -0.05) is 11.6 Å². The zero-order chi connectivity index (χ0) is 13.5. The molecule has 4 nitrogen and oxygen atoms in total. The molecule has 0 aliphatic heterocycles. The quantitative estimate of drug-likeness (QED) is 0.814. The molecule has 0 aromatic carbocycles. The molecule has 0 radical (unpaired) electrons. The van der Waals surface area contributed by atoms with Gasteiger partial charge in [0.15, 0.2) is 0 Å². The van der Waals surface area contributed by atoms with Crippen molar-refractivity contribution in [3.63, 3.8) is 0 Å². The van der Waals surface area contributed by atoms with E-state index in [4.69, 9.17) is 4.74 Å². The highest BCUT2D eigenvalue weighted by Gasteiger charge is 2.01. The minimum atomic E-state index is -0.0856. The van der Waals surface area contributed by atoms with Crippen LogP contribution in [0, 0.1) is 0 Å². The number of allylic oxidation sites excluding steroid dienone is 1. The first kappa shape index (κ1) is 14.2. The van der Waals surface area contributed by atoms with Gasteiger partial charge in [-0.2, -0.15) is 0 Å². The van der Waals surface area contributed by atoms with Gasteiger partial charge in [0, 0.05) is 24.9 Å². The number of hydrogen-bond donors (Lipinski definition) is 1. The van der Waals surface area contributed by atoms with Crippen LogP contribution in [0.25, 0.3) is 0 Å². The number of aromatic nitrogens is 1. The summed E-state index contributed by atoms with van der Waals surface area (Å²) in [7, 11) is 0. The lowest BCUT2D eigenvalue weighted by Gasteiger charge is -2.09. The molecule has 1 amide bonds. The molecule has 0 unspecified atom stereocenters. The summed E-state index contributed by atoms with van der Waals surface area (Å²) in [4.78, 5) is 15.6. The molecule has 1 rings (SSSR count). The van der Waals surface area contributed by atoms with E-state index in [1.807, 2.05) is 39.8 Å². The fourth-order valence-electron chi connectivity index (χ4n) is 1.33. The van der Waals surface area contributed by atoms with Crippen LogP contribution < -0.4 is 10.1 Å². The summed E-state index contributed by atoms with van der Waals surface area (Å²) in [6.45, 7) is 8.15. The predicted molar refractivity (Wildman–Crippen MR) is 71.3 cm³/mol. The number of nitrogens with one attached hydrogen (secondary N) is 1. The maximum atomic E-state index is 11.4. The minimum absolute atomic E-state index is 0.0856. The van der Waals surface area contributed by atoms with E-state index >= 15 is 0 Å². The third kappa shape index (κ3) is 5.48. The number of nitrogens with zero attached hydrogens (tertiary/aromatic N) is 1. The average molecular weight is 248 g/mol. The second-order valence-electron chi connectivity index (χ2n) is 4.61. The van der Waals surface area contributed by atoms with Crippen LogP contribution in [0.3, 0.4) is 0 Å². The lowest BCUT2D eigenvalue weighted by Crippen LogP contribution is -2.20.